The van der Waals surface area contributed by atoms with Crippen molar-refractivity contribution < 1.29 is 28.3 Å². The van der Waals surface area contributed by atoms with E-state index in [2.05, 4.69) is 10.3 Å². The van der Waals surface area contributed by atoms with E-state index >= 15 is 8.90 Å². The third-order valence-corrected chi connectivity index (χ3v) is 14.2. The number of nitrogens with zero attached hydrogens (tertiary/aromatic N) is 5. The van der Waals surface area contributed by atoms with Crippen LogP contribution >= 0.6 is 0 Å². The number of ether oxygens (including phenoxy) is 2. The molecule has 0 aliphatic carbocycles. The maximum atomic E-state index is 16.8. The van der Waals surface area contributed by atoms with Crippen molar-refractivity contribution in [3.63, 3.8) is 0 Å². The highest BCUT2D eigenvalue weighted by molar-refractivity contribution is 6.72. The SMILES string of the molecule is C[C@H]1[C@H]([Si](C)(C)F)[C@@H](CCn2cc(C(CO)c3ccccc3)nn2)O[C@]12C(=O)N(c1ccccc1)c1ccc(N3C(=O)c4ccccc4Oc4ccccc43)cc12. The van der Waals surface area contributed by atoms with Gasteiger partial charge in [0.1, 0.15) is 5.75 Å². The van der Waals surface area contributed by atoms with Gasteiger partial charge in [0.05, 0.1) is 41.3 Å². The Hall–Kier alpha value is -5.95. The van der Waals surface area contributed by atoms with Gasteiger partial charge in [0.25, 0.3) is 11.8 Å². The standard InChI is InChI=1S/C45H42FN5O5Si/c1-29-42(57(2,3)46)41(24-25-49-27-36(47-48-49)34(28-52)30-14-6-4-7-15-30)56-45(29)35-26-32(22-23-37(35)51(44(45)54)31-16-8-5-9-17-31)50-38-19-11-13-21-40(38)55-39-20-12-10-18-33(39)43(50)53/h4-23,26-27,29,34,41-42,52H,24-25,28H2,1-3H3/t29-,34?,41+,42-,45+/m0/s1. The quantitative estimate of drug-likeness (QED) is 0.115. The molecule has 1 aromatic heterocycles. The largest absolute Gasteiger partial charge is 0.454 e. The molecule has 10 nitrogen and oxygen atoms in total. The van der Waals surface area contributed by atoms with Crippen LogP contribution in [0.3, 0.4) is 0 Å². The van der Waals surface area contributed by atoms with E-state index in [0.29, 0.717) is 64.0 Å². The fraction of sp³-hybridized carbons (Fsp3) is 0.244. The van der Waals surface area contributed by atoms with E-state index in [1.807, 2.05) is 122 Å². The van der Waals surface area contributed by atoms with Crippen molar-refractivity contribution >= 4 is 43.0 Å². The Kier molecular flexibility index (Phi) is 9.14. The van der Waals surface area contributed by atoms with Gasteiger partial charge in [0.2, 0.25) is 8.41 Å². The first-order valence-electron chi connectivity index (χ1n) is 19.3. The van der Waals surface area contributed by atoms with Crippen molar-refractivity contribution in [1.29, 1.82) is 0 Å². The van der Waals surface area contributed by atoms with E-state index in [0.717, 1.165) is 5.56 Å². The molecule has 5 aromatic carbocycles. The zero-order valence-electron chi connectivity index (χ0n) is 31.8. The zero-order chi connectivity index (χ0) is 39.5. The molecule has 2 amide bonds. The number of rotatable bonds is 9. The number of anilines is 4. The highest BCUT2D eigenvalue weighted by atomic mass is 28.4. The molecule has 3 aliphatic rings. The number of aliphatic hydroxyl groups is 1. The molecule has 0 saturated carbocycles. The molecule has 0 radical (unpaired) electrons. The van der Waals surface area contributed by atoms with Crippen LogP contribution in [0.5, 0.6) is 11.5 Å². The van der Waals surface area contributed by atoms with E-state index in [4.69, 9.17) is 9.47 Å². The lowest BCUT2D eigenvalue weighted by atomic mass is 9.82. The molecule has 0 bridgehead atoms. The lowest BCUT2D eigenvalue weighted by Crippen LogP contribution is -2.44. The van der Waals surface area contributed by atoms with E-state index in [-0.39, 0.29) is 24.3 Å². The Morgan fingerprint density at radius 1 is 0.825 bits per heavy atom. The van der Waals surface area contributed by atoms with Crippen molar-refractivity contribution in [1.82, 2.24) is 15.0 Å². The fourth-order valence-electron chi connectivity index (χ4n) is 9.16. The highest BCUT2D eigenvalue weighted by Gasteiger charge is 2.67. The number of amides is 2. The molecule has 1 spiro atoms. The van der Waals surface area contributed by atoms with Gasteiger partial charge in [-0.15, -0.1) is 5.10 Å². The van der Waals surface area contributed by atoms with Crippen molar-refractivity contribution in [3.05, 3.63) is 156 Å². The third-order valence-electron chi connectivity index (χ3n) is 11.7. The second-order valence-corrected chi connectivity index (χ2v) is 19.3. The molecule has 6 aromatic rings. The van der Waals surface area contributed by atoms with Gasteiger partial charge in [-0.2, -0.15) is 0 Å². The molecule has 3 aliphatic heterocycles. The van der Waals surface area contributed by atoms with Gasteiger partial charge in [-0.25, -0.2) is 0 Å². The van der Waals surface area contributed by atoms with E-state index < -0.39 is 31.6 Å². The van der Waals surface area contributed by atoms with E-state index in [1.165, 1.54) is 0 Å². The minimum absolute atomic E-state index is 0.131. The number of carbonyl (C=O) groups excluding carboxylic acids is 2. The summed E-state index contributed by atoms with van der Waals surface area (Å²) in [5.41, 5.74) is 2.75. The molecule has 288 valence electrons. The minimum Gasteiger partial charge on any atom is -0.454 e. The Labute approximate surface area is 331 Å². The molecule has 1 fully saturated rings. The van der Waals surface area contributed by atoms with Crippen molar-refractivity contribution in [2.45, 2.75) is 56.1 Å². The molecule has 1 N–H and O–H groups in total. The lowest BCUT2D eigenvalue weighted by molar-refractivity contribution is -0.145. The number of aromatic nitrogens is 3. The smallest absolute Gasteiger partial charge is 0.268 e. The summed E-state index contributed by atoms with van der Waals surface area (Å²) in [4.78, 5) is 33.0. The average Bonchev–Trinajstić information content (AvgIpc) is 3.85. The first kappa shape index (κ1) is 36.7. The summed E-state index contributed by atoms with van der Waals surface area (Å²) in [6.45, 7) is 5.51. The summed E-state index contributed by atoms with van der Waals surface area (Å²) in [7, 11) is -3.50. The summed E-state index contributed by atoms with van der Waals surface area (Å²) in [6, 6.07) is 39.1. The van der Waals surface area contributed by atoms with Gasteiger partial charge in [-0.3, -0.25) is 24.1 Å². The number of benzene rings is 5. The van der Waals surface area contributed by atoms with Crippen LogP contribution in [0.2, 0.25) is 18.6 Å². The first-order chi connectivity index (χ1) is 27.6. The molecular formula is C45H42FN5O5Si. The number of para-hydroxylation sites is 4. The molecule has 1 saturated heterocycles. The summed E-state index contributed by atoms with van der Waals surface area (Å²) < 4.78 is 31.9. The minimum atomic E-state index is -3.50. The maximum Gasteiger partial charge on any atom is 0.268 e. The van der Waals surface area contributed by atoms with E-state index in [1.54, 1.807) is 45.8 Å². The average molecular weight is 780 g/mol. The number of carbonyl (C=O) groups is 2. The predicted octanol–water partition coefficient (Wildman–Crippen LogP) is 9.03. The van der Waals surface area contributed by atoms with Gasteiger partial charge in [-0.1, -0.05) is 84.9 Å². The van der Waals surface area contributed by atoms with Crippen molar-refractivity contribution in [3.8, 4) is 11.5 Å². The predicted molar refractivity (Wildman–Crippen MR) is 218 cm³/mol. The molecule has 57 heavy (non-hydrogen) atoms. The van der Waals surface area contributed by atoms with Crippen LogP contribution in [0.4, 0.5) is 26.9 Å². The normalized spacial score (nSPS) is 21.9. The van der Waals surface area contributed by atoms with Gasteiger partial charge in [0, 0.05) is 41.1 Å². The number of aliphatic hydroxyl groups excluding tert-OH is 1. The molecule has 4 heterocycles. The molecule has 5 atom stereocenters. The van der Waals surface area contributed by atoms with Gasteiger partial charge >= 0.3 is 0 Å². The first-order valence-corrected chi connectivity index (χ1v) is 22.2. The van der Waals surface area contributed by atoms with Crippen LogP contribution in [-0.4, -0.2) is 53.0 Å². The number of hydrogen-bond acceptors (Lipinski definition) is 7. The topological polar surface area (TPSA) is 110 Å². The van der Waals surface area contributed by atoms with Crippen LogP contribution < -0.4 is 14.5 Å². The van der Waals surface area contributed by atoms with Crippen LogP contribution in [0, 0.1) is 5.92 Å². The van der Waals surface area contributed by atoms with Crippen molar-refractivity contribution in [2.24, 2.45) is 5.92 Å². The number of aryl methyl sites for hydroxylation is 1. The Morgan fingerprint density at radius 2 is 1.51 bits per heavy atom. The van der Waals surface area contributed by atoms with E-state index in [9.17, 15) is 9.90 Å². The summed E-state index contributed by atoms with van der Waals surface area (Å²) in [5, 5.41) is 19.0. The third kappa shape index (κ3) is 6.06. The Morgan fingerprint density at radius 3 is 2.25 bits per heavy atom. The van der Waals surface area contributed by atoms with Crippen LogP contribution in [-0.2, 0) is 21.7 Å². The number of halogens is 1. The second-order valence-electron chi connectivity index (χ2n) is 15.5. The Balaban J connectivity index is 1.13. The lowest BCUT2D eigenvalue weighted by Gasteiger charge is -2.31. The molecule has 9 rings (SSSR count). The monoisotopic (exact) mass is 779 g/mol. The summed E-state index contributed by atoms with van der Waals surface area (Å²) in [6.07, 6.45) is 1.54. The van der Waals surface area contributed by atoms with Crippen molar-refractivity contribution in [2.75, 3.05) is 16.4 Å². The fourth-order valence-corrected chi connectivity index (χ4v) is 11.7. The highest BCUT2D eigenvalue weighted by Crippen LogP contribution is 2.62. The molecule has 1 unspecified atom stereocenters. The van der Waals surface area contributed by atoms with Gasteiger partial charge in [-0.05, 0) is 79.7 Å². The number of hydrogen-bond donors (Lipinski definition) is 1. The van der Waals surface area contributed by atoms with Crippen LogP contribution in [0.25, 0.3) is 0 Å². The maximum absolute atomic E-state index is 16.8. The number of fused-ring (bicyclic) bond motifs is 4. The molecular weight excluding hydrogens is 738 g/mol. The zero-order valence-corrected chi connectivity index (χ0v) is 32.8. The summed E-state index contributed by atoms with van der Waals surface area (Å²) in [5.74, 6) is -0.541. The summed E-state index contributed by atoms with van der Waals surface area (Å²) >= 11 is 0. The van der Waals surface area contributed by atoms with Gasteiger partial charge in [0.15, 0.2) is 11.4 Å². The Bertz CT molecular complexity index is 2480. The second kappa shape index (κ2) is 14.2. The molecule has 12 heteroatoms. The van der Waals surface area contributed by atoms with Gasteiger partial charge < -0.3 is 18.7 Å². The van der Waals surface area contributed by atoms with Crippen LogP contribution in [0.15, 0.2) is 134 Å². The van der Waals surface area contributed by atoms with Crippen LogP contribution in [0.1, 0.15) is 46.4 Å².